The maximum Gasteiger partial charge on any atom is 0.147 e. The standard InChI is InChI=1S/C10H23NO2S.ClH/c1-6-9(2)10(7-11(3)4)8-14(5,12)13;/h9-11H,3,6-8H2,1-2,4-5H3;1H/p-1. The van der Waals surface area contributed by atoms with Gasteiger partial charge in [0.15, 0.2) is 0 Å². The number of halogens is 1. The van der Waals surface area contributed by atoms with Crippen LogP contribution >= 0.6 is 0 Å². The summed E-state index contributed by atoms with van der Waals surface area (Å²) in [7, 11) is 2.94. The molecule has 0 saturated carbocycles. The van der Waals surface area contributed by atoms with Gasteiger partial charge in [0.25, 0.3) is 0 Å². The van der Waals surface area contributed by atoms with E-state index >= 15 is 0 Å². The van der Waals surface area contributed by atoms with Crippen molar-refractivity contribution in [1.29, 1.82) is 0 Å². The van der Waals surface area contributed by atoms with E-state index in [1.807, 2.05) is 7.05 Å². The van der Waals surface area contributed by atoms with Gasteiger partial charge in [-0.25, -0.2) is 8.42 Å². The fourth-order valence-corrected chi connectivity index (χ4v) is 2.82. The van der Waals surface area contributed by atoms with Crippen LogP contribution in [0.3, 0.4) is 0 Å². The van der Waals surface area contributed by atoms with Gasteiger partial charge in [0.05, 0.1) is 12.3 Å². The molecule has 0 aromatic carbocycles. The first kappa shape index (κ1) is 17.6. The van der Waals surface area contributed by atoms with Crippen LogP contribution in [0, 0.1) is 18.9 Å². The molecule has 0 rings (SSSR count). The Balaban J connectivity index is 0. The second-order valence-corrected chi connectivity index (χ2v) is 6.58. The van der Waals surface area contributed by atoms with Crippen molar-refractivity contribution in [2.75, 3.05) is 25.6 Å². The maximum absolute atomic E-state index is 11.2. The molecule has 0 heterocycles. The zero-order valence-electron chi connectivity index (χ0n) is 10.1. The topological polar surface area (TPSA) is 38.6 Å². The molecule has 94 valence electrons. The fourth-order valence-electron chi connectivity index (χ4n) is 1.59. The molecule has 0 aromatic heterocycles. The van der Waals surface area contributed by atoms with Crippen LogP contribution in [0.2, 0.25) is 0 Å². The Bertz CT molecular complexity index is 252. The number of quaternary nitrogens is 1. The van der Waals surface area contributed by atoms with Crippen LogP contribution < -0.4 is 17.3 Å². The van der Waals surface area contributed by atoms with Crippen molar-refractivity contribution in [2.24, 2.45) is 11.8 Å². The molecule has 0 aliphatic carbocycles. The molecule has 0 aliphatic heterocycles. The van der Waals surface area contributed by atoms with Crippen molar-refractivity contribution in [2.45, 2.75) is 20.3 Å². The highest BCUT2D eigenvalue weighted by molar-refractivity contribution is 7.90. The average molecular weight is 257 g/mol. The summed E-state index contributed by atoms with van der Waals surface area (Å²) in [6.45, 7) is 5.03. The van der Waals surface area contributed by atoms with Crippen molar-refractivity contribution in [3.8, 4) is 0 Å². The minimum absolute atomic E-state index is 0. The molecule has 3 unspecified atom stereocenters. The third kappa shape index (κ3) is 9.15. The Hall–Kier alpha value is 0.200. The van der Waals surface area contributed by atoms with Gasteiger partial charge in [0.2, 0.25) is 0 Å². The molecule has 15 heavy (non-hydrogen) atoms. The summed E-state index contributed by atoms with van der Waals surface area (Å²) in [5.41, 5.74) is 0. The summed E-state index contributed by atoms with van der Waals surface area (Å²) in [5.74, 6) is 0.962. The molecular weight excluding hydrogens is 234 g/mol. The van der Waals surface area contributed by atoms with Crippen LogP contribution in [0.4, 0.5) is 0 Å². The number of hydrogen-bond donors (Lipinski definition) is 1. The predicted molar refractivity (Wildman–Crippen MR) is 59.8 cm³/mol. The van der Waals surface area contributed by atoms with Crippen LogP contribution in [0.5, 0.6) is 0 Å². The highest BCUT2D eigenvalue weighted by Gasteiger charge is 2.22. The lowest BCUT2D eigenvalue weighted by atomic mass is 9.93. The van der Waals surface area contributed by atoms with E-state index in [-0.39, 0.29) is 24.1 Å². The number of nitrogens with one attached hydrogen (secondary N) is 1. The van der Waals surface area contributed by atoms with E-state index in [4.69, 9.17) is 0 Å². The lowest BCUT2D eigenvalue weighted by Crippen LogP contribution is -3.04. The van der Waals surface area contributed by atoms with Crippen molar-refractivity contribution >= 4 is 9.84 Å². The molecule has 3 atom stereocenters. The highest BCUT2D eigenvalue weighted by Crippen LogP contribution is 2.15. The van der Waals surface area contributed by atoms with Crippen LogP contribution in [0.1, 0.15) is 20.3 Å². The second kappa shape index (κ2) is 7.47. The first-order valence-corrected chi connectivity index (χ1v) is 7.14. The van der Waals surface area contributed by atoms with Gasteiger partial charge >= 0.3 is 0 Å². The van der Waals surface area contributed by atoms with E-state index in [1.54, 1.807) is 0 Å². The smallest absolute Gasteiger partial charge is 0.147 e. The number of rotatable bonds is 6. The molecular formula is C10H23ClNO2S-. The van der Waals surface area contributed by atoms with Crippen molar-refractivity contribution in [1.82, 2.24) is 0 Å². The largest absolute Gasteiger partial charge is 1.00 e. The van der Waals surface area contributed by atoms with E-state index in [9.17, 15) is 8.42 Å². The molecule has 0 aromatic rings. The Morgan fingerprint density at radius 2 is 1.87 bits per heavy atom. The van der Waals surface area contributed by atoms with Crippen LogP contribution in [0.15, 0.2) is 0 Å². The van der Waals surface area contributed by atoms with Gasteiger partial charge in [-0.15, -0.1) is 0 Å². The van der Waals surface area contributed by atoms with Crippen LogP contribution in [0.25, 0.3) is 0 Å². The Labute approximate surface area is 101 Å². The number of hydrogen-bond acceptors (Lipinski definition) is 2. The molecule has 5 heteroatoms. The molecule has 0 fully saturated rings. The molecule has 0 aliphatic rings. The van der Waals surface area contributed by atoms with Gasteiger partial charge in [-0.05, 0) is 5.92 Å². The lowest BCUT2D eigenvalue weighted by molar-refractivity contribution is -0.835. The lowest BCUT2D eigenvalue weighted by Gasteiger charge is -2.26. The number of sulfone groups is 1. The van der Waals surface area contributed by atoms with Gasteiger partial charge in [-0.3, -0.25) is 0 Å². The average Bonchev–Trinajstić information content (AvgIpc) is 1.98. The Morgan fingerprint density at radius 1 is 1.40 bits per heavy atom. The first-order valence-electron chi connectivity index (χ1n) is 5.08. The van der Waals surface area contributed by atoms with Crippen LogP contribution in [-0.2, 0) is 9.84 Å². The molecule has 0 amide bonds. The quantitative estimate of drug-likeness (QED) is 0.515. The third-order valence-electron chi connectivity index (χ3n) is 2.58. The van der Waals surface area contributed by atoms with Crippen molar-refractivity contribution in [3.63, 3.8) is 0 Å². The first-order chi connectivity index (χ1) is 6.26. The Morgan fingerprint density at radius 3 is 2.13 bits per heavy atom. The normalized spacial score (nSPS) is 17.7. The summed E-state index contributed by atoms with van der Waals surface area (Å²) in [4.78, 5) is 1.07. The summed E-state index contributed by atoms with van der Waals surface area (Å²) >= 11 is 0. The third-order valence-corrected chi connectivity index (χ3v) is 3.61. The van der Waals surface area contributed by atoms with Gasteiger partial charge in [-0.1, -0.05) is 20.3 Å². The Kier molecular flexibility index (Phi) is 8.76. The predicted octanol–water partition coefficient (Wildman–Crippen LogP) is -3.00. The molecule has 3 nitrogen and oxygen atoms in total. The molecule has 0 saturated heterocycles. The van der Waals surface area contributed by atoms with Gasteiger partial charge < -0.3 is 17.3 Å². The fraction of sp³-hybridized carbons (Fsp3) is 0.900. The zero-order valence-corrected chi connectivity index (χ0v) is 11.7. The van der Waals surface area contributed by atoms with Crippen molar-refractivity contribution < 1.29 is 25.7 Å². The van der Waals surface area contributed by atoms with E-state index in [0.717, 1.165) is 17.9 Å². The minimum atomic E-state index is -2.87. The van der Waals surface area contributed by atoms with E-state index in [0.29, 0.717) is 5.92 Å². The van der Waals surface area contributed by atoms with E-state index < -0.39 is 9.84 Å². The minimum Gasteiger partial charge on any atom is -1.00 e. The van der Waals surface area contributed by atoms with Gasteiger partial charge in [0.1, 0.15) is 9.84 Å². The summed E-state index contributed by atoms with van der Waals surface area (Å²) < 4.78 is 22.4. The van der Waals surface area contributed by atoms with E-state index in [1.165, 1.54) is 6.26 Å². The molecule has 0 radical (unpaired) electrons. The summed E-state index contributed by atoms with van der Waals surface area (Å²) in [6.07, 6.45) is 2.33. The van der Waals surface area contributed by atoms with E-state index in [2.05, 4.69) is 20.9 Å². The molecule has 0 bridgehead atoms. The zero-order chi connectivity index (χ0) is 11.4. The summed E-state index contributed by atoms with van der Waals surface area (Å²) in [5, 5.41) is 0. The maximum atomic E-state index is 11.2. The molecule has 0 spiro atoms. The monoisotopic (exact) mass is 256 g/mol. The highest BCUT2D eigenvalue weighted by atomic mass is 35.5. The van der Waals surface area contributed by atoms with Gasteiger partial charge in [0, 0.05) is 19.2 Å². The van der Waals surface area contributed by atoms with Gasteiger partial charge in [-0.2, -0.15) is 7.05 Å². The summed E-state index contributed by atoms with van der Waals surface area (Å²) in [6, 6.07) is 0. The molecule has 1 N–H and O–H groups in total. The second-order valence-electron chi connectivity index (χ2n) is 4.40. The SMILES string of the molecule is [CH2-][NH+](C)CC(CS(C)(=O)=O)C(C)CC.[Cl-]. The van der Waals surface area contributed by atoms with Crippen LogP contribution in [-0.4, -0.2) is 34.0 Å². The van der Waals surface area contributed by atoms with Crippen molar-refractivity contribution in [3.05, 3.63) is 7.05 Å².